The Kier molecular flexibility index (Phi) is 2.70. The molecule has 86 valence electrons. The minimum Gasteiger partial charge on any atom is -0.399 e. The molecule has 0 aromatic heterocycles. The molecule has 0 aliphatic heterocycles. The van der Waals surface area contributed by atoms with E-state index in [2.05, 4.69) is 0 Å². The first-order chi connectivity index (χ1) is 8.09. The number of nitrogens with two attached hydrogens (primary N) is 3. The van der Waals surface area contributed by atoms with E-state index in [0.717, 1.165) is 5.56 Å². The molecule has 2 aromatic rings. The van der Waals surface area contributed by atoms with Gasteiger partial charge in [-0.25, -0.2) is 0 Å². The fourth-order valence-electron chi connectivity index (χ4n) is 1.75. The zero-order valence-electron chi connectivity index (χ0n) is 9.18. The highest BCUT2D eigenvalue weighted by Crippen LogP contribution is 2.30. The van der Waals surface area contributed by atoms with Crippen LogP contribution in [0.4, 0.5) is 11.4 Å². The highest BCUT2D eigenvalue weighted by atomic mass is 16.1. The normalized spacial score (nSPS) is 10.1. The number of primary amides is 1. The monoisotopic (exact) mass is 227 g/mol. The summed E-state index contributed by atoms with van der Waals surface area (Å²) in [5.74, 6) is -0.496. The fourth-order valence-corrected chi connectivity index (χ4v) is 1.75. The molecule has 2 rings (SSSR count). The summed E-state index contributed by atoms with van der Waals surface area (Å²) in [6.45, 7) is 0. The van der Waals surface area contributed by atoms with Gasteiger partial charge in [0.1, 0.15) is 0 Å². The lowest BCUT2D eigenvalue weighted by atomic mass is 9.97. The van der Waals surface area contributed by atoms with Crippen molar-refractivity contribution in [2.45, 2.75) is 0 Å². The smallest absolute Gasteiger partial charge is 0.249 e. The van der Waals surface area contributed by atoms with Crippen LogP contribution in [0.1, 0.15) is 10.4 Å². The van der Waals surface area contributed by atoms with Gasteiger partial charge in [-0.15, -0.1) is 0 Å². The Bertz CT molecular complexity index is 561. The summed E-state index contributed by atoms with van der Waals surface area (Å²) in [5.41, 5.74) is 19.9. The molecule has 4 heteroatoms. The number of rotatable bonds is 2. The third-order valence-corrected chi connectivity index (χ3v) is 2.56. The van der Waals surface area contributed by atoms with Crippen LogP contribution in [0.2, 0.25) is 0 Å². The quantitative estimate of drug-likeness (QED) is 0.680. The molecular weight excluding hydrogens is 214 g/mol. The van der Waals surface area contributed by atoms with Crippen molar-refractivity contribution in [2.24, 2.45) is 5.73 Å². The Labute approximate surface area is 99.0 Å². The molecule has 0 unspecified atom stereocenters. The minimum absolute atomic E-state index is 0.412. The lowest BCUT2D eigenvalue weighted by molar-refractivity contribution is 0.100. The van der Waals surface area contributed by atoms with Crippen LogP contribution in [-0.4, -0.2) is 5.91 Å². The molecule has 4 nitrogen and oxygen atoms in total. The molecule has 0 heterocycles. The van der Waals surface area contributed by atoms with Gasteiger partial charge in [0.2, 0.25) is 5.91 Å². The van der Waals surface area contributed by atoms with Crippen LogP contribution in [-0.2, 0) is 0 Å². The summed E-state index contributed by atoms with van der Waals surface area (Å²) in [4.78, 5) is 11.4. The molecule has 0 bridgehead atoms. The van der Waals surface area contributed by atoms with E-state index in [4.69, 9.17) is 17.2 Å². The number of benzene rings is 2. The number of anilines is 2. The van der Waals surface area contributed by atoms with E-state index in [-0.39, 0.29) is 0 Å². The zero-order chi connectivity index (χ0) is 12.4. The first-order valence-electron chi connectivity index (χ1n) is 5.14. The van der Waals surface area contributed by atoms with E-state index in [1.165, 1.54) is 0 Å². The largest absolute Gasteiger partial charge is 0.399 e. The lowest BCUT2D eigenvalue weighted by Gasteiger charge is -2.10. The van der Waals surface area contributed by atoms with E-state index in [9.17, 15) is 4.79 Å². The van der Waals surface area contributed by atoms with Crippen LogP contribution in [0.5, 0.6) is 0 Å². The molecule has 17 heavy (non-hydrogen) atoms. The number of nitrogen functional groups attached to an aromatic ring is 2. The molecule has 0 aliphatic rings. The van der Waals surface area contributed by atoms with Crippen molar-refractivity contribution >= 4 is 17.3 Å². The molecule has 0 spiro atoms. The minimum atomic E-state index is -0.496. The van der Waals surface area contributed by atoms with Crippen molar-refractivity contribution in [3.05, 3.63) is 48.0 Å². The van der Waals surface area contributed by atoms with E-state index >= 15 is 0 Å². The van der Waals surface area contributed by atoms with Gasteiger partial charge in [0.15, 0.2) is 0 Å². The fraction of sp³-hybridized carbons (Fsp3) is 0. The van der Waals surface area contributed by atoms with E-state index < -0.39 is 5.91 Å². The summed E-state index contributed by atoms with van der Waals surface area (Å²) < 4.78 is 0. The highest BCUT2D eigenvalue weighted by molar-refractivity contribution is 6.02. The van der Waals surface area contributed by atoms with Crippen LogP contribution in [0.25, 0.3) is 11.1 Å². The topological polar surface area (TPSA) is 95.1 Å². The number of hydrogen-bond donors (Lipinski definition) is 3. The highest BCUT2D eigenvalue weighted by Gasteiger charge is 2.12. The average Bonchev–Trinajstić information content (AvgIpc) is 2.30. The van der Waals surface area contributed by atoms with Gasteiger partial charge < -0.3 is 17.2 Å². The molecule has 0 saturated carbocycles. The van der Waals surface area contributed by atoms with Crippen molar-refractivity contribution in [1.29, 1.82) is 0 Å². The molecule has 0 fully saturated rings. The second-order valence-corrected chi connectivity index (χ2v) is 3.76. The Morgan fingerprint density at radius 2 is 1.59 bits per heavy atom. The number of amides is 1. The SMILES string of the molecule is NC(=O)c1cccc(N)c1-c1ccc(N)cc1. The van der Waals surface area contributed by atoms with Crippen LogP contribution >= 0.6 is 0 Å². The van der Waals surface area contributed by atoms with Crippen LogP contribution in [0.3, 0.4) is 0 Å². The Hall–Kier alpha value is -2.49. The predicted molar refractivity (Wildman–Crippen MR) is 69.2 cm³/mol. The van der Waals surface area contributed by atoms with Gasteiger partial charge in [-0.2, -0.15) is 0 Å². The molecule has 1 amide bonds. The van der Waals surface area contributed by atoms with Gasteiger partial charge in [-0.3, -0.25) is 4.79 Å². The zero-order valence-corrected chi connectivity index (χ0v) is 9.18. The van der Waals surface area contributed by atoms with E-state index in [0.29, 0.717) is 22.5 Å². The van der Waals surface area contributed by atoms with Crippen molar-refractivity contribution < 1.29 is 4.79 Å². The third-order valence-electron chi connectivity index (χ3n) is 2.56. The van der Waals surface area contributed by atoms with Crippen molar-refractivity contribution in [3.63, 3.8) is 0 Å². The summed E-state index contributed by atoms with van der Waals surface area (Å²) in [6, 6.07) is 12.2. The van der Waals surface area contributed by atoms with Crippen LogP contribution < -0.4 is 17.2 Å². The van der Waals surface area contributed by atoms with Gasteiger partial charge in [-0.1, -0.05) is 18.2 Å². The molecular formula is C13H13N3O. The van der Waals surface area contributed by atoms with E-state index in [1.807, 2.05) is 12.1 Å². The maximum absolute atomic E-state index is 11.4. The van der Waals surface area contributed by atoms with Gasteiger partial charge >= 0.3 is 0 Å². The number of hydrogen-bond acceptors (Lipinski definition) is 3. The van der Waals surface area contributed by atoms with Gasteiger partial charge in [0.25, 0.3) is 0 Å². The first-order valence-corrected chi connectivity index (χ1v) is 5.14. The Balaban J connectivity index is 2.65. The third kappa shape index (κ3) is 2.06. The van der Waals surface area contributed by atoms with Gasteiger partial charge in [0.05, 0.1) is 0 Å². The molecule has 6 N–H and O–H groups in total. The van der Waals surface area contributed by atoms with Crippen molar-refractivity contribution in [1.82, 2.24) is 0 Å². The molecule has 0 saturated heterocycles. The maximum Gasteiger partial charge on any atom is 0.249 e. The van der Waals surface area contributed by atoms with Crippen molar-refractivity contribution in [2.75, 3.05) is 11.5 Å². The second-order valence-electron chi connectivity index (χ2n) is 3.76. The number of carbonyl (C=O) groups excluding carboxylic acids is 1. The van der Waals surface area contributed by atoms with Crippen LogP contribution in [0, 0.1) is 0 Å². The van der Waals surface area contributed by atoms with Crippen molar-refractivity contribution in [3.8, 4) is 11.1 Å². The standard InChI is InChI=1S/C13H13N3O/c14-9-6-4-8(5-7-9)12-10(13(16)17)2-1-3-11(12)15/h1-7H,14-15H2,(H2,16,17). The second kappa shape index (κ2) is 4.17. The summed E-state index contributed by atoms with van der Waals surface area (Å²) in [5, 5.41) is 0. The lowest BCUT2D eigenvalue weighted by Crippen LogP contribution is -2.13. The molecule has 0 aliphatic carbocycles. The number of carbonyl (C=O) groups is 1. The maximum atomic E-state index is 11.4. The van der Waals surface area contributed by atoms with E-state index in [1.54, 1.807) is 30.3 Å². The van der Waals surface area contributed by atoms with Crippen LogP contribution in [0.15, 0.2) is 42.5 Å². The summed E-state index contributed by atoms with van der Waals surface area (Å²) in [7, 11) is 0. The molecule has 0 atom stereocenters. The predicted octanol–water partition coefficient (Wildman–Crippen LogP) is 1.62. The van der Waals surface area contributed by atoms with Gasteiger partial charge in [0, 0.05) is 22.5 Å². The first kappa shape index (κ1) is 11.0. The summed E-state index contributed by atoms with van der Waals surface area (Å²) in [6.07, 6.45) is 0. The average molecular weight is 227 g/mol. The Morgan fingerprint density at radius 1 is 0.941 bits per heavy atom. The molecule has 0 radical (unpaired) electrons. The van der Waals surface area contributed by atoms with Gasteiger partial charge in [-0.05, 0) is 29.8 Å². The molecule has 2 aromatic carbocycles. The Morgan fingerprint density at radius 3 is 2.18 bits per heavy atom. The summed E-state index contributed by atoms with van der Waals surface area (Å²) >= 11 is 0.